The van der Waals surface area contributed by atoms with Gasteiger partial charge in [0.1, 0.15) is 10.8 Å². The summed E-state index contributed by atoms with van der Waals surface area (Å²) in [6, 6.07) is 1.51. The molecule has 0 radical (unpaired) electrons. The Balaban J connectivity index is 0.00000137. The van der Waals surface area contributed by atoms with Crippen LogP contribution in [0.25, 0.3) is 0 Å². The average molecular weight is 275 g/mol. The van der Waals surface area contributed by atoms with Gasteiger partial charge < -0.3 is 16.2 Å². The van der Waals surface area contributed by atoms with Gasteiger partial charge in [-0.1, -0.05) is 11.6 Å². The molecule has 0 aliphatic carbocycles. The van der Waals surface area contributed by atoms with E-state index in [9.17, 15) is 9.50 Å². The van der Waals surface area contributed by atoms with Gasteiger partial charge in [-0.25, -0.2) is 4.39 Å². The van der Waals surface area contributed by atoms with E-state index in [0.29, 0.717) is 16.9 Å². The number of hydrogen-bond donors (Lipinski definition) is 3. The molecule has 0 aromatic heterocycles. The summed E-state index contributed by atoms with van der Waals surface area (Å²) >= 11 is 5.83. The van der Waals surface area contributed by atoms with Gasteiger partial charge in [-0.2, -0.15) is 0 Å². The van der Waals surface area contributed by atoms with E-state index < -0.39 is 11.4 Å². The average Bonchev–Trinajstić information content (AvgIpc) is 2.27. The van der Waals surface area contributed by atoms with Gasteiger partial charge >= 0.3 is 0 Å². The predicted molar refractivity (Wildman–Crippen MR) is 76.6 cm³/mol. The predicted octanol–water partition coefficient (Wildman–Crippen LogP) is 3.35. The summed E-state index contributed by atoms with van der Waals surface area (Å²) in [6.45, 7) is 11.1. The van der Waals surface area contributed by atoms with E-state index in [4.69, 9.17) is 17.3 Å². The van der Waals surface area contributed by atoms with Crippen LogP contribution in [-0.2, 0) is 0 Å². The van der Waals surface area contributed by atoms with Crippen LogP contribution in [0.15, 0.2) is 19.2 Å². The van der Waals surface area contributed by atoms with E-state index in [-0.39, 0.29) is 11.6 Å². The highest BCUT2D eigenvalue weighted by Gasteiger charge is 2.17. The van der Waals surface area contributed by atoms with Crippen LogP contribution in [0.5, 0.6) is 0 Å². The Morgan fingerprint density at radius 1 is 1.50 bits per heavy atom. The Labute approximate surface area is 112 Å². The topological polar surface area (TPSA) is 58.3 Å². The summed E-state index contributed by atoms with van der Waals surface area (Å²) in [5.41, 5.74) is 5.90. The Bertz CT molecular complexity index is 416. The maximum absolute atomic E-state index is 13.5. The highest BCUT2D eigenvalue weighted by atomic mass is 35.5. The smallest absolute Gasteiger partial charge is 0.146 e. The Kier molecular flexibility index (Phi) is 6.15. The van der Waals surface area contributed by atoms with Gasteiger partial charge in [0.2, 0.25) is 0 Å². The SMILES string of the molecule is C=C.Cc1cc(N)c(NCC(C)(C)O)c(Cl)c1F. The molecule has 3 nitrogen and oxygen atoms in total. The number of nitrogens with one attached hydrogen (secondary N) is 1. The van der Waals surface area contributed by atoms with E-state index in [0.717, 1.165) is 0 Å². The normalized spacial score (nSPS) is 10.6. The quantitative estimate of drug-likeness (QED) is 0.585. The second-order valence-electron chi connectivity index (χ2n) is 4.45. The lowest BCUT2D eigenvalue weighted by Crippen LogP contribution is -2.29. The molecule has 0 amide bonds. The lowest BCUT2D eigenvalue weighted by atomic mass is 10.1. The molecule has 0 bridgehead atoms. The first-order chi connectivity index (χ1) is 8.22. The second kappa shape index (κ2) is 6.61. The van der Waals surface area contributed by atoms with Crippen LogP contribution in [0.3, 0.4) is 0 Å². The summed E-state index contributed by atoms with van der Waals surface area (Å²) in [7, 11) is 0. The molecule has 1 aromatic rings. The molecule has 4 N–H and O–H groups in total. The van der Waals surface area contributed by atoms with Crippen LogP contribution in [0.4, 0.5) is 15.8 Å². The van der Waals surface area contributed by atoms with Gasteiger partial charge in [-0.15, -0.1) is 13.2 Å². The Morgan fingerprint density at radius 3 is 2.44 bits per heavy atom. The van der Waals surface area contributed by atoms with Crippen LogP contribution >= 0.6 is 11.6 Å². The molecule has 0 aliphatic heterocycles. The summed E-state index contributed by atoms with van der Waals surface area (Å²) in [5.74, 6) is -0.492. The molecule has 1 rings (SSSR count). The van der Waals surface area contributed by atoms with Crippen molar-refractivity contribution in [1.82, 2.24) is 0 Å². The minimum Gasteiger partial charge on any atom is -0.397 e. The Morgan fingerprint density at radius 2 is 2.00 bits per heavy atom. The van der Waals surface area contributed by atoms with Crippen LogP contribution < -0.4 is 11.1 Å². The first-order valence-corrected chi connectivity index (χ1v) is 5.80. The molecule has 18 heavy (non-hydrogen) atoms. The highest BCUT2D eigenvalue weighted by Crippen LogP contribution is 2.33. The summed E-state index contributed by atoms with van der Waals surface area (Å²) < 4.78 is 13.5. The van der Waals surface area contributed by atoms with Crippen molar-refractivity contribution in [3.05, 3.63) is 35.6 Å². The van der Waals surface area contributed by atoms with Gasteiger partial charge in [0.15, 0.2) is 0 Å². The zero-order chi connectivity index (χ0) is 14.5. The van der Waals surface area contributed by atoms with Gasteiger partial charge in [0, 0.05) is 6.54 Å². The number of anilines is 2. The van der Waals surface area contributed by atoms with E-state index in [1.54, 1.807) is 20.8 Å². The molecule has 0 saturated carbocycles. The van der Waals surface area contributed by atoms with Crippen molar-refractivity contribution in [2.75, 3.05) is 17.6 Å². The fourth-order valence-corrected chi connectivity index (χ4v) is 1.59. The maximum Gasteiger partial charge on any atom is 0.146 e. The molecule has 0 spiro atoms. The van der Waals surface area contributed by atoms with Crippen LogP contribution in [-0.4, -0.2) is 17.3 Å². The first-order valence-electron chi connectivity index (χ1n) is 5.42. The number of hydrogen-bond acceptors (Lipinski definition) is 3. The van der Waals surface area contributed by atoms with Crippen LogP contribution in [0.1, 0.15) is 19.4 Å². The molecule has 0 heterocycles. The first kappa shape index (κ1) is 16.7. The Hall–Kier alpha value is -1.26. The highest BCUT2D eigenvalue weighted by molar-refractivity contribution is 6.34. The molecule has 0 fully saturated rings. The number of nitrogen functional groups attached to an aromatic ring is 1. The second-order valence-corrected chi connectivity index (χ2v) is 4.83. The molecule has 1 aromatic carbocycles. The number of rotatable bonds is 3. The van der Waals surface area contributed by atoms with E-state index in [1.807, 2.05) is 0 Å². The summed E-state index contributed by atoms with van der Waals surface area (Å²) in [5, 5.41) is 12.3. The van der Waals surface area contributed by atoms with Crippen molar-refractivity contribution in [3.8, 4) is 0 Å². The van der Waals surface area contributed by atoms with Gasteiger partial charge in [-0.05, 0) is 32.4 Å². The van der Waals surface area contributed by atoms with Gasteiger partial charge in [0.25, 0.3) is 0 Å². The zero-order valence-electron chi connectivity index (χ0n) is 11.0. The monoisotopic (exact) mass is 274 g/mol. The van der Waals surface area contributed by atoms with E-state index >= 15 is 0 Å². The van der Waals surface area contributed by atoms with Crippen molar-refractivity contribution >= 4 is 23.0 Å². The number of halogens is 2. The maximum atomic E-state index is 13.5. The minimum atomic E-state index is -0.920. The van der Waals surface area contributed by atoms with Crippen LogP contribution in [0.2, 0.25) is 5.02 Å². The molecule has 5 heteroatoms. The van der Waals surface area contributed by atoms with E-state index in [1.165, 1.54) is 6.07 Å². The lowest BCUT2D eigenvalue weighted by molar-refractivity contribution is 0.0945. The van der Waals surface area contributed by atoms with Crippen molar-refractivity contribution in [2.45, 2.75) is 26.4 Å². The number of nitrogens with two attached hydrogens (primary N) is 1. The fraction of sp³-hybridized carbons (Fsp3) is 0.385. The van der Waals surface area contributed by atoms with Gasteiger partial charge in [0.05, 0.1) is 17.0 Å². The van der Waals surface area contributed by atoms with Crippen molar-refractivity contribution in [3.63, 3.8) is 0 Å². The lowest BCUT2D eigenvalue weighted by Gasteiger charge is -2.20. The molecule has 0 atom stereocenters. The van der Waals surface area contributed by atoms with Crippen molar-refractivity contribution in [2.24, 2.45) is 0 Å². The van der Waals surface area contributed by atoms with Gasteiger partial charge in [-0.3, -0.25) is 0 Å². The fourth-order valence-electron chi connectivity index (χ4n) is 1.26. The third-order valence-electron chi connectivity index (χ3n) is 2.12. The van der Waals surface area contributed by atoms with Crippen molar-refractivity contribution < 1.29 is 9.50 Å². The standard InChI is InChI=1S/C11H16ClFN2O.C2H4/c1-6-4-7(14)10(8(12)9(6)13)15-5-11(2,3)16;1-2/h4,15-16H,5,14H2,1-3H3;1-2H2. The third kappa shape index (κ3) is 4.55. The minimum absolute atomic E-state index is 0.0400. The molecule has 102 valence electrons. The molecule has 0 aliphatic rings. The molecular weight excluding hydrogens is 255 g/mol. The van der Waals surface area contributed by atoms with Crippen molar-refractivity contribution in [1.29, 1.82) is 0 Å². The largest absolute Gasteiger partial charge is 0.397 e. The van der Waals surface area contributed by atoms with Crippen LogP contribution in [0, 0.1) is 12.7 Å². The molecule has 0 saturated heterocycles. The summed E-state index contributed by atoms with van der Waals surface area (Å²) in [4.78, 5) is 0. The third-order valence-corrected chi connectivity index (χ3v) is 2.47. The number of benzene rings is 1. The summed E-state index contributed by atoms with van der Waals surface area (Å²) in [6.07, 6.45) is 0. The zero-order valence-corrected chi connectivity index (χ0v) is 11.7. The number of aliphatic hydroxyl groups is 1. The molecule has 0 unspecified atom stereocenters. The number of aryl methyl sites for hydroxylation is 1. The van der Waals surface area contributed by atoms with E-state index in [2.05, 4.69) is 18.5 Å². The molecular formula is C13H20ClFN2O.